The van der Waals surface area contributed by atoms with E-state index < -0.39 is 0 Å². The zero-order chi connectivity index (χ0) is 23.8. The van der Waals surface area contributed by atoms with E-state index in [2.05, 4.69) is 21.2 Å². The third kappa shape index (κ3) is 4.56. The highest BCUT2D eigenvalue weighted by atomic mass is 79.9. The number of carbonyl (C=O) groups is 1. The van der Waals surface area contributed by atoms with E-state index in [4.69, 9.17) is 4.98 Å². The molecule has 5 nitrogen and oxygen atoms in total. The van der Waals surface area contributed by atoms with E-state index in [0.717, 1.165) is 40.5 Å². The molecule has 174 valence electrons. The van der Waals surface area contributed by atoms with Crippen LogP contribution in [0, 0.1) is 12.7 Å². The van der Waals surface area contributed by atoms with Crippen molar-refractivity contribution in [1.29, 1.82) is 0 Å². The molecule has 0 saturated heterocycles. The summed E-state index contributed by atoms with van der Waals surface area (Å²) in [5.41, 5.74) is 2.64. The van der Waals surface area contributed by atoms with Gasteiger partial charge in [-0.15, -0.1) is 11.3 Å². The molecule has 0 spiro atoms. The fraction of sp³-hybridized carbons (Fsp3) is 0.240. The Hall–Kier alpha value is -2.49. The number of hydrogen-bond donors (Lipinski definition) is 1. The van der Waals surface area contributed by atoms with Crippen LogP contribution < -0.4 is 10.9 Å². The number of amides is 1. The van der Waals surface area contributed by atoms with E-state index in [1.807, 2.05) is 24.3 Å². The molecule has 34 heavy (non-hydrogen) atoms. The van der Waals surface area contributed by atoms with Crippen molar-refractivity contribution in [3.05, 3.63) is 79.1 Å². The van der Waals surface area contributed by atoms with Gasteiger partial charge in [0.2, 0.25) is 5.91 Å². The molecule has 0 aliphatic heterocycles. The smallest absolute Gasteiger partial charge is 0.267 e. The van der Waals surface area contributed by atoms with Gasteiger partial charge in [0.25, 0.3) is 5.56 Å². The summed E-state index contributed by atoms with van der Waals surface area (Å²) in [4.78, 5) is 33.2. The van der Waals surface area contributed by atoms with Gasteiger partial charge in [-0.2, -0.15) is 0 Å². The van der Waals surface area contributed by atoms with Crippen molar-refractivity contribution in [2.75, 3.05) is 11.1 Å². The van der Waals surface area contributed by atoms with Gasteiger partial charge in [-0.05, 0) is 80.1 Å². The second kappa shape index (κ2) is 9.64. The summed E-state index contributed by atoms with van der Waals surface area (Å²) in [6.45, 7) is 1.67. The van der Waals surface area contributed by atoms with Crippen molar-refractivity contribution in [2.24, 2.45) is 0 Å². The highest BCUT2D eigenvalue weighted by molar-refractivity contribution is 9.10. The van der Waals surface area contributed by atoms with Gasteiger partial charge in [-0.3, -0.25) is 14.2 Å². The number of thiophene rings is 1. The molecule has 0 fully saturated rings. The summed E-state index contributed by atoms with van der Waals surface area (Å²) in [6.07, 6.45) is 4.08. The minimum Gasteiger partial charge on any atom is -0.325 e. The normalized spacial score (nSPS) is 13.1. The Morgan fingerprint density at radius 1 is 1.21 bits per heavy atom. The standard InChI is InChI=1S/C25H21BrFN3O2S2/c1-14-6-9-16(12-19(14)27)28-21(31)13-33-25-29-23-22(18-4-2-3-5-20(18)34-23)24(32)30(25)17-10-7-15(26)8-11-17/h6-12H,2-5,13H2,1H3,(H,28,31). The molecule has 1 N–H and O–H groups in total. The lowest BCUT2D eigenvalue weighted by atomic mass is 9.97. The lowest BCUT2D eigenvalue weighted by Gasteiger charge is -2.14. The summed E-state index contributed by atoms with van der Waals surface area (Å²) < 4.78 is 16.3. The number of rotatable bonds is 5. The fourth-order valence-corrected chi connectivity index (χ4v) is 6.48. The van der Waals surface area contributed by atoms with E-state index in [-0.39, 0.29) is 23.0 Å². The minimum atomic E-state index is -0.372. The number of fused-ring (bicyclic) bond motifs is 3. The van der Waals surface area contributed by atoms with E-state index in [0.29, 0.717) is 27.5 Å². The first-order valence-electron chi connectivity index (χ1n) is 10.9. The van der Waals surface area contributed by atoms with Crippen molar-refractivity contribution < 1.29 is 9.18 Å². The molecule has 1 aliphatic carbocycles. The van der Waals surface area contributed by atoms with Crippen LogP contribution in [-0.4, -0.2) is 21.2 Å². The van der Waals surface area contributed by atoms with Gasteiger partial charge in [0.05, 0.1) is 16.8 Å². The maximum absolute atomic E-state index is 13.8. The van der Waals surface area contributed by atoms with E-state index >= 15 is 0 Å². The molecule has 0 radical (unpaired) electrons. The van der Waals surface area contributed by atoms with Gasteiger partial charge >= 0.3 is 0 Å². The molecular formula is C25H21BrFN3O2S2. The summed E-state index contributed by atoms with van der Waals surface area (Å²) >= 11 is 6.23. The highest BCUT2D eigenvalue weighted by Gasteiger charge is 2.23. The van der Waals surface area contributed by atoms with Gasteiger partial charge in [0, 0.05) is 15.0 Å². The predicted molar refractivity (Wildman–Crippen MR) is 140 cm³/mol. The topological polar surface area (TPSA) is 64.0 Å². The number of nitrogens with zero attached hydrogens (tertiary/aromatic N) is 2. The molecule has 2 heterocycles. The van der Waals surface area contributed by atoms with Gasteiger partial charge < -0.3 is 5.32 Å². The van der Waals surface area contributed by atoms with Crippen LogP contribution in [0.3, 0.4) is 0 Å². The van der Waals surface area contributed by atoms with E-state index in [1.165, 1.54) is 22.7 Å². The zero-order valence-electron chi connectivity index (χ0n) is 18.4. The van der Waals surface area contributed by atoms with Crippen molar-refractivity contribution >= 4 is 60.8 Å². The Balaban J connectivity index is 1.50. The molecule has 9 heteroatoms. The molecule has 0 unspecified atom stereocenters. The highest BCUT2D eigenvalue weighted by Crippen LogP contribution is 2.35. The summed E-state index contributed by atoms with van der Waals surface area (Å²) in [6, 6.07) is 12.1. The largest absolute Gasteiger partial charge is 0.325 e. The monoisotopic (exact) mass is 557 g/mol. The first-order valence-corrected chi connectivity index (χ1v) is 13.5. The Labute approximate surface area is 212 Å². The number of halogens is 2. The van der Waals surface area contributed by atoms with Gasteiger partial charge in [-0.1, -0.05) is 33.8 Å². The molecule has 0 bridgehead atoms. The lowest BCUT2D eigenvalue weighted by molar-refractivity contribution is -0.113. The SMILES string of the molecule is Cc1ccc(NC(=O)CSc2nc3sc4c(c3c(=O)n2-c2ccc(Br)cc2)CCCC4)cc1F. The molecule has 2 aromatic carbocycles. The summed E-state index contributed by atoms with van der Waals surface area (Å²) in [5, 5.41) is 3.88. The van der Waals surface area contributed by atoms with Crippen LogP contribution >= 0.6 is 39.0 Å². The number of nitrogens with one attached hydrogen (secondary N) is 1. The average molecular weight is 558 g/mol. The second-order valence-corrected chi connectivity index (χ2v) is 11.1. The third-order valence-electron chi connectivity index (χ3n) is 5.83. The van der Waals surface area contributed by atoms with Gasteiger partial charge in [0.1, 0.15) is 10.6 Å². The first kappa shape index (κ1) is 23.3. The van der Waals surface area contributed by atoms with E-state index in [1.54, 1.807) is 35.0 Å². The molecule has 1 amide bonds. The van der Waals surface area contributed by atoms with Crippen molar-refractivity contribution in [2.45, 2.75) is 37.8 Å². The van der Waals surface area contributed by atoms with Crippen LogP contribution in [0.25, 0.3) is 15.9 Å². The van der Waals surface area contributed by atoms with Crippen molar-refractivity contribution in [1.82, 2.24) is 9.55 Å². The summed E-state index contributed by atoms with van der Waals surface area (Å²) in [7, 11) is 0. The second-order valence-electron chi connectivity index (χ2n) is 8.20. The van der Waals surface area contributed by atoms with Gasteiger partial charge in [0.15, 0.2) is 5.16 Å². The van der Waals surface area contributed by atoms with E-state index in [9.17, 15) is 14.0 Å². The molecule has 2 aromatic heterocycles. The van der Waals surface area contributed by atoms with Crippen LogP contribution in [0.15, 0.2) is 56.9 Å². The number of thioether (sulfide) groups is 1. The van der Waals surface area contributed by atoms with Crippen LogP contribution in [0.1, 0.15) is 28.8 Å². The fourth-order valence-electron chi connectivity index (χ4n) is 4.10. The number of hydrogen-bond acceptors (Lipinski definition) is 5. The lowest BCUT2D eigenvalue weighted by Crippen LogP contribution is -2.23. The number of carbonyl (C=O) groups excluding carboxylic acids is 1. The average Bonchev–Trinajstić information content (AvgIpc) is 3.20. The van der Waals surface area contributed by atoms with Crippen LogP contribution in [0.5, 0.6) is 0 Å². The number of anilines is 1. The van der Waals surface area contributed by atoms with Crippen LogP contribution in [-0.2, 0) is 17.6 Å². The number of aryl methyl sites for hydroxylation is 3. The Kier molecular flexibility index (Phi) is 6.59. The summed E-state index contributed by atoms with van der Waals surface area (Å²) in [5.74, 6) is -0.631. The molecule has 0 saturated carbocycles. The number of aromatic nitrogens is 2. The van der Waals surface area contributed by atoms with Crippen LogP contribution in [0.4, 0.5) is 10.1 Å². The molecule has 0 atom stereocenters. The maximum Gasteiger partial charge on any atom is 0.267 e. The minimum absolute atomic E-state index is 0.0368. The Morgan fingerprint density at radius 3 is 2.74 bits per heavy atom. The molecule has 4 aromatic rings. The molecule has 1 aliphatic rings. The Bertz CT molecular complexity index is 1460. The van der Waals surface area contributed by atoms with Crippen LogP contribution in [0.2, 0.25) is 0 Å². The Morgan fingerprint density at radius 2 is 1.97 bits per heavy atom. The quantitative estimate of drug-likeness (QED) is 0.232. The zero-order valence-corrected chi connectivity index (χ0v) is 21.6. The van der Waals surface area contributed by atoms with Gasteiger partial charge in [-0.25, -0.2) is 9.37 Å². The first-order chi connectivity index (χ1) is 16.4. The van der Waals surface area contributed by atoms with Crippen molar-refractivity contribution in [3.8, 4) is 5.69 Å². The molecule has 5 rings (SSSR count). The third-order valence-corrected chi connectivity index (χ3v) is 8.48. The molecular weight excluding hydrogens is 537 g/mol. The predicted octanol–water partition coefficient (Wildman–Crippen LogP) is 6.27. The van der Waals surface area contributed by atoms with Crippen molar-refractivity contribution in [3.63, 3.8) is 0 Å². The maximum atomic E-state index is 13.8. The number of benzene rings is 2.